The first kappa shape index (κ1) is 29.9. The van der Waals surface area contributed by atoms with Crippen LogP contribution in [0, 0.1) is 0 Å². The van der Waals surface area contributed by atoms with Gasteiger partial charge < -0.3 is 20.1 Å². The minimum atomic E-state index is -0.270. The molecule has 0 fully saturated rings. The summed E-state index contributed by atoms with van der Waals surface area (Å²) in [7, 11) is 0. The van der Waals surface area contributed by atoms with Gasteiger partial charge in [0.15, 0.2) is 0 Å². The second-order valence-electron chi connectivity index (χ2n) is 7.30. The first-order valence-electron chi connectivity index (χ1n) is 11.5. The topological polar surface area (TPSA) is 64.8 Å². The molecule has 0 atom stereocenters. The largest absolute Gasteiger partial charge is 0.502 e. The average molecular weight is 413 g/mol. The number of ether oxygens (including phenoxy) is 2. The van der Waals surface area contributed by atoms with Gasteiger partial charge in [0, 0.05) is 5.57 Å². The number of nitrogens with zero attached hydrogens (tertiary/aromatic N) is 1. The zero-order chi connectivity index (χ0) is 22.2. The summed E-state index contributed by atoms with van der Waals surface area (Å²) in [5.41, 5.74) is 5.86. The van der Waals surface area contributed by atoms with Crippen LogP contribution in [0.4, 0.5) is 0 Å². The van der Waals surface area contributed by atoms with Crippen LogP contribution in [-0.4, -0.2) is 50.3 Å². The van der Waals surface area contributed by atoms with Crippen LogP contribution in [0.25, 0.3) is 0 Å². The third-order valence-corrected chi connectivity index (χ3v) is 4.68. The molecule has 0 aliphatic carbocycles. The van der Waals surface area contributed by atoms with E-state index in [-0.39, 0.29) is 5.97 Å². The molecule has 172 valence electrons. The van der Waals surface area contributed by atoms with Gasteiger partial charge in [0.05, 0.1) is 19.5 Å². The fraction of sp³-hybridized carbons (Fsp3) is 0.792. The highest BCUT2D eigenvalue weighted by molar-refractivity contribution is 5.86. The van der Waals surface area contributed by atoms with Gasteiger partial charge in [0.25, 0.3) is 0 Å². The summed E-state index contributed by atoms with van der Waals surface area (Å²) in [5.74, 6) is -0.270. The Morgan fingerprint density at radius 2 is 1.41 bits per heavy atom. The fourth-order valence-electron chi connectivity index (χ4n) is 2.74. The Balaban J connectivity index is 0. The lowest BCUT2D eigenvalue weighted by molar-refractivity contribution is -0.139. The molecule has 0 spiro atoms. The molecule has 2 N–H and O–H groups in total. The van der Waals surface area contributed by atoms with Crippen LogP contribution >= 0.6 is 0 Å². The van der Waals surface area contributed by atoms with E-state index in [0.29, 0.717) is 12.2 Å². The van der Waals surface area contributed by atoms with Gasteiger partial charge in [-0.05, 0) is 58.8 Å². The zero-order valence-corrected chi connectivity index (χ0v) is 19.6. The molecule has 29 heavy (non-hydrogen) atoms. The van der Waals surface area contributed by atoms with E-state index in [1.807, 2.05) is 0 Å². The Bertz CT molecular complexity index is 382. The minimum absolute atomic E-state index is 0.270. The van der Waals surface area contributed by atoms with Crippen molar-refractivity contribution < 1.29 is 14.3 Å². The molecule has 0 aromatic heterocycles. The smallest absolute Gasteiger partial charge is 0.333 e. The van der Waals surface area contributed by atoms with Crippen molar-refractivity contribution in [1.29, 1.82) is 0 Å². The van der Waals surface area contributed by atoms with Gasteiger partial charge in [-0.2, -0.15) is 0 Å². The second kappa shape index (κ2) is 24.7. The minimum Gasteiger partial charge on any atom is -0.502 e. The quantitative estimate of drug-likeness (QED) is 0.132. The van der Waals surface area contributed by atoms with Gasteiger partial charge in [0.1, 0.15) is 0 Å². The summed E-state index contributed by atoms with van der Waals surface area (Å²) in [6, 6.07) is 0. The Morgan fingerprint density at radius 3 is 1.93 bits per heavy atom. The molecule has 0 saturated carbocycles. The van der Waals surface area contributed by atoms with Gasteiger partial charge in [-0.3, -0.25) is 0 Å². The molecule has 0 amide bonds. The number of esters is 1. The summed E-state index contributed by atoms with van der Waals surface area (Å²) in [5, 5.41) is 0. The van der Waals surface area contributed by atoms with E-state index >= 15 is 0 Å². The van der Waals surface area contributed by atoms with Crippen molar-refractivity contribution in [2.45, 2.75) is 85.0 Å². The molecule has 0 saturated heterocycles. The number of carbonyl (C=O) groups excluding carboxylic acids is 1. The van der Waals surface area contributed by atoms with Crippen molar-refractivity contribution in [2.75, 3.05) is 39.4 Å². The fourth-order valence-corrected chi connectivity index (χ4v) is 2.74. The van der Waals surface area contributed by atoms with Gasteiger partial charge in [0.2, 0.25) is 0 Å². The van der Waals surface area contributed by atoms with E-state index in [9.17, 15) is 4.79 Å². The summed E-state index contributed by atoms with van der Waals surface area (Å²) >= 11 is 0. The number of hydrogen-bond donors (Lipinski definition) is 1. The predicted octanol–water partition coefficient (Wildman–Crippen LogP) is 5.45. The zero-order valence-electron chi connectivity index (χ0n) is 19.6. The number of hydrogen-bond acceptors (Lipinski definition) is 5. The normalized spacial score (nSPS) is 10.2. The average Bonchev–Trinajstić information content (AvgIpc) is 2.72. The van der Waals surface area contributed by atoms with E-state index in [1.165, 1.54) is 57.8 Å². The highest BCUT2D eigenvalue weighted by Crippen LogP contribution is 2.05. The summed E-state index contributed by atoms with van der Waals surface area (Å²) in [4.78, 5) is 13.5. The van der Waals surface area contributed by atoms with Crippen LogP contribution in [0.2, 0.25) is 0 Å². The maximum atomic E-state index is 11.1. The molecule has 0 rings (SSSR count). The molecule has 0 bridgehead atoms. The summed E-state index contributed by atoms with van der Waals surface area (Å²) in [6.45, 7) is 18.7. The van der Waals surface area contributed by atoms with Crippen LogP contribution < -0.4 is 5.73 Å². The number of unbranched alkanes of at least 4 members (excludes halogenated alkanes) is 8. The Labute approximate surface area is 180 Å². The number of carbonyl (C=O) groups is 1. The third-order valence-electron chi connectivity index (χ3n) is 4.68. The maximum absolute atomic E-state index is 11.1. The first-order chi connectivity index (χ1) is 14.0. The van der Waals surface area contributed by atoms with Crippen LogP contribution in [-0.2, 0) is 14.3 Å². The molecular formula is C24H48N2O3. The first-order valence-corrected chi connectivity index (χ1v) is 11.5. The van der Waals surface area contributed by atoms with Crippen LogP contribution in [0.3, 0.4) is 0 Å². The monoisotopic (exact) mass is 412 g/mol. The van der Waals surface area contributed by atoms with Crippen LogP contribution in [0.15, 0.2) is 25.0 Å². The van der Waals surface area contributed by atoms with E-state index < -0.39 is 0 Å². The highest BCUT2D eigenvalue weighted by Gasteiger charge is 2.02. The maximum Gasteiger partial charge on any atom is 0.333 e. The van der Waals surface area contributed by atoms with E-state index in [1.54, 1.807) is 6.92 Å². The molecule has 0 aromatic rings. The standard InChI is InChI=1S/C14H27NO2.C10H21NO/c1-5-15(6-2)11-9-7-8-10-12-17-14(16)13(3)4;1-2-12-10-8-6-4-3-5-7-9-11/h3,5-12H2,1-2,4H3;2H,1,3-11H2. The molecule has 5 nitrogen and oxygen atoms in total. The van der Waals surface area contributed by atoms with E-state index in [2.05, 4.69) is 31.9 Å². The molecule has 0 heterocycles. The molecule has 0 aromatic carbocycles. The molecule has 0 unspecified atom stereocenters. The Hall–Kier alpha value is -1.33. The van der Waals surface area contributed by atoms with Crippen molar-refractivity contribution in [3.05, 3.63) is 25.0 Å². The van der Waals surface area contributed by atoms with Crippen molar-refractivity contribution in [3.8, 4) is 0 Å². The van der Waals surface area contributed by atoms with Crippen LogP contribution in [0.5, 0.6) is 0 Å². The molecular weight excluding hydrogens is 364 g/mol. The molecule has 0 aliphatic heterocycles. The van der Waals surface area contributed by atoms with Crippen LogP contribution in [0.1, 0.15) is 85.0 Å². The molecule has 5 heteroatoms. The van der Waals surface area contributed by atoms with Gasteiger partial charge >= 0.3 is 5.97 Å². The van der Waals surface area contributed by atoms with Crippen molar-refractivity contribution in [1.82, 2.24) is 4.90 Å². The summed E-state index contributed by atoms with van der Waals surface area (Å²) in [6.07, 6.45) is 13.5. The lowest BCUT2D eigenvalue weighted by Gasteiger charge is -2.17. The van der Waals surface area contributed by atoms with Crippen molar-refractivity contribution >= 4 is 5.97 Å². The molecule has 0 aliphatic rings. The van der Waals surface area contributed by atoms with E-state index in [4.69, 9.17) is 15.2 Å². The predicted molar refractivity (Wildman–Crippen MR) is 125 cm³/mol. The molecule has 0 radical (unpaired) electrons. The summed E-state index contributed by atoms with van der Waals surface area (Å²) < 4.78 is 10.0. The van der Waals surface area contributed by atoms with Gasteiger partial charge in [-0.25, -0.2) is 4.79 Å². The van der Waals surface area contributed by atoms with Gasteiger partial charge in [-0.15, -0.1) is 0 Å². The van der Waals surface area contributed by atoms with E-state index in [0.717, 1.165) is 45.5 Å². The lowest BCUT2D eigenvalue weighted by Crippen LogP contribution is -2.23. The third kappa shape index (κ3) is 24.6. The van der Waals surface area contributed by atoms with Crippen molar-refractivity contribution in [3.63, 3.8) is 0 Å². The highest BCUT2D eigenvalue weighted by atomic mass is 16.5. The van der Waals surface area contributed by atoms with Gasteiger partial charge in [-0.1, -0.05) is 65.5 Å². The second-order valence-corrected chi connectivity index (χ2v) is 7.30. The lowest BCUT2D eigenvalue weighted by atomic mass is 10.1. The Kier molecular flexibility index (Phi) is 25.4. The SMILES string of the molecule is C=C(C)C(=O)OCCCCCCN(CC)CC.C=COCCCCCCCCN. The number of nitrogens with two attached hydrogens (primary N) is 1. The van der Waals surface area contributed by atoms with Crippen molar-refractivity contribution in [2.24, 2.45) is 5.73 Å². The Morgan fingerprint density at radius 1 is 0.897 bits per heavy atom. The number of rotatable bonds is 19.